The second kappa shape index (κ2) is 5.34. The Bertz CT molecular complexity index is 450. The average molecular weight is 238 g/mol. The SMILES string of the molecule is COc1cc(OC)c(C(C)=O)c(OC(C)=O)c1. The Hall–Kier alpha value is -2.04. The van der Waals surface area contributed by atoms with Crippen molar-refractivity contribution in [3.63, 3.8) is 0 Å². The molecular weight excluding hydrogens is 224 g/mol. The normalized spacial score (nSPS) is 9.65. The monoisotopic (exact) mass is 238 g/mol. The summed E-state index contributed by atoms with van der Waals surface area (Å²) in [6, 6.07) is 3.03. The molecule has 17 heavy (non-hydrogen) atoms. The maximum absolute atomic E-state index is 11.5. The standard InChI is InChI=1S/C12H14O5/c1-7(13)12-10(16-4)5-9(15-3)6-11(12)17-8(2)14/h5-6H,1-4H3. The summed E-state index contributed by atoms with van der Waals surface area (Å²) in [6.45, 7) is 2.63. The molecular formula is C12H14O5. The van der Waals surface area contributed by atoms with E-state index in [0.29, 0.717) is 11.5 Å². The largest absolute Gasteiger partial charge is 0.496 e. The minimum Gasteiger partial charge on any atom is -0.496 e. The van der Waals surface area contributed by atoms with Gasteiger partial charge in [-0.2, -0.15) is 0 Å². The Balaban J connectivity index is 3.40. The van der Waals surface area contributed by atoms with Gasteiger partial charge in [0.2, 0.25) is 0 Å². The van der Waals surface area contributed by atoms with Crippen LogP contribution < -0.4 is 14.2 Å². The third-order valence-electron chi connectivity index (χ3n) is 2.10. The van der Waals surface area contributed by atoms with Gasteiger partial charge in [0.1, 0.15) is 22.8 Å². The van der Waals surface area contributed by atoms with Crippen LogP contribution >= 0.6 is 0 Å². The summed E-state index contributed by atoms with van der Waals surface area (Å²) in [6.07, 6.45) is 0. The first-order chi connectivity index (χ1) is 7.99. The third-order valence-corrected chi connectivity index (χ3v) is 2.10. The van der Waals surface area contributed by atoms with Gasteiger partial charge >= 0.3 is 5.97 Å². The molecule has 0 unspecified atom stereocenters. The van der Waals surface area contributed by atoms with Gasteiger partial charge in [0.05, 0.1) is 14.2 Å². The molecule has 0 heterocycles. The molecule has 1 aromatic carbocycles. The van der Waals surface area contributed by atoms with Gasteiger partial charge in [0.15, 0.2) is 5.78 Å². The van der Waals surface area contributed by atoms with Crippen LogP contribution in [-0.4, -0.2) is 26.0 Å². The Labute approximate surface area is 99.3 Å². The fourth-order valence-electron chi connectivity index (χ4n) is 1.43. The van der Waals surface area contributed by atoms with Gasteiger partial charge in [0.25, 0.3) is 0 Å². The summed E-state index contributed by atoms with van der Waals surface area (Å²) in [5.74, 6) is 0.140. The molecule has 5 nitrogen and oxygen atoms in total. The lowest BCUT2D eigenvalue weighted by Gasteiger charge is -2.13. The van der Waals surface area contributed by atoms with Crippen molar-refractivity contribution in [2.45, 2.75) is 13.8 Å². The van der Waals surface area contributed by atoms with Crippen LogP contribution in [0.5, 0.6) is 17.2 Å². The number of ether oxygens (including phenoxy) is 3. The number of esters is 1. The number of hydrogen-bond donors (Lipinski definition) is 0. The van der Waals surface area contributed by atoms with Crippen molar-refractivity contribution in [3.8, 4) is 17.2 Å². The van der Waals surface area contributed by atoms with Crippen molar-refractivity contribution in [2.24, 2.45) is 0 Å². The highest BCUT2D eigenvalue weighted by Crippen LogP contribution is 2.34. The van der Waals surface area contributed by atoms with E-state index >= 15 is 0 Å². The van der Waals surface area contributed by atoms with Crippen molar-refractivity contribution in [1.29, 1.82) is 0 Å². The molecule has 1 rings (SSSR count). The second-order valence-electron chi connectivity index (χ2n) is 3.35. The number of carbonyl (C=O) groups excluding carboxylic acids is 2. The van der Waals surface area contributed by atoms with Crippen molar-refractivity contribution in [1.82, 2.24) is 0 Å². The zero-order valence-corrected chi connectivity index (χ0v) is 10.2. The Morgan fingerprint density at radius 2 is 1.59 bits per heavy atom. The highest BCUT2D eigenvalue weighted by Gasteiger charge is 2.18. The van der Waals surface area contributed by atoms with Crippen molar-refractivity contribution in [3.05, 3.63) is 17.7 Å². The van der Waals surface area contributed by atoms with Crippen LogP contribution in [-0.2, 0) is 4.79 Å². The Morgan fingerprint density at radius 3 is 2.00 bits per heavy atom. The Kier molecular flexibility index (Phi) is 4.09. The van der Waals surface area contributed by atoms with Gasteiger partial charge in [-0.25, -0.2) is 0 Å². The quantitative estimate of drug-likeness (QED) is 0.455. The van der Waals surface area contributed by atoms with Crippen LogP contribution in [0.4, 0.5) is 0 Å². The molecule has 0 aromatic heterocycles. The fourth-order valence-corrected chi connectivity index (χ4v) is 1.43. The number of carbonyl (C=O) groups is 2. The molecule has 0 aliphatic heterocycles. The van der Waals surface area contributed by atoms with E-state index in [9.17, 15) is 9.59 Å². The zero-order chi connectivity index (χ0) is 13.0. The van der Waals surface area contributed by atoms with Gasteiger partial charge in [0, 0.05) is 19.1 Å². The third kappa shape index (κ3) is 2.96. The van der Waals surface area contributed by atoms with Crippen molar-refractivity contribution < 1.29 is 23.8 Å². The topological polar surface area (TPSA) is 61.8 Å². The first kappa shape index (κ1) is 13.0. The smallest absolute Gasteiger partial charge is 0.308 e. The van der Waals surface area contributed by atoms with Gasteiger partial charge in [-0.05, 0) is 6.92 Å². The lowest BCUT2D eigenvalue weighted by molar-refractivity contribution is -0.131. The molecule has 1 aromatic rings. The van der Waals surface area contributed by atoms with Gasteiger partial charge in [-0.3, -0.25) is 9.59 Å². The summed E-state index contributed by atoms with van der Waals surface area (Å²) in [4.78, 5) is 22.5. The molecule has 0 saturated carbocycles. The predicted octanol–water partition coefficient (Wildman–Crippen LogP) is 1.83. The number of hydrogen-bond acceptors (Lipinski definition) is 5. The molecule has 92 valence electrons. The van der Waals surface area contributed by atoms with E-state index in [4.69, 9.17) is 14.2 Å². The summed E-state index contributed by atoms with van der Waals surface area (Å²) in [7, 11) is 2.90. The van der Waals surface area contributed by atoms with Crippen LogP contribution in [0.25, 0.3) is 0 Å². The minimum absolute atomic E-state index is 0.140. The molecule has 0 amide bonds. The molecule has 0 aliphatic rings. The lowest BCUT2D eigenvalue weighted by Crippen LogP contribution is -2.08. The molecule has 0 saturated heterocycles. The molecule has 0 N–H and O–H groups in total. The molecule has 0 bridgehead atoms. The predicted molar refractivity (Wildman–Crippen MR) is 60.9 cm³/mol. The fraction of sp³-hybridized carbons (Fsp3) is 0.333. The number of rotatable bonds is 4. The van der Waals surface area contributed by atoms with Crippen molar-refractivity contribution >= 4 is 11.8 Å². The molecule has 0 atom stereocenters. The number of Topliss-reactive ketones (excluding diaryl/α,β-unsaturated/α-hetero) is 1. The maximum atomic E-state index is 11.5. The van der Waals surface area contributed by atoms with E-state index in [-0.39, 0.29) is 17.1 Å². The number of benzene rings is 1. The lowest BCUT2D eigenvalue weighted by atomic mass is 10.1. The summed E-state index contributed by atoms with van der Waals surface area (Å²) in [5.41, 5.74) is 0.225. The van der Waals surface area contributed by atoms with Crippen LogP contribution in [0.1, 0.15) is 24.2 Å². The molecule has 5 heteroatoms. The Morgan fingerprint density at radius 1 is 1.00 bits per heavy atom. The van der Waals surface area contributed by atoms with E-state index in [1.165, 1.54) is 34.1 Å². The summed E-state index contributed by atoms with van der Waals surface area (Å²) < 4.78 is 15.1. The number of methoxy groups -OCH3 is 2. The van der Waals surface area contributed by atoms with Gasteiger partial charge in [-0.1, -0.05) is 0 Å². The molecule has 0 aliphatic carbocycles. The van der Waals surface area contributed by atoms with E-state index in [1.54, 1.807) is 6.07 Å². The maximum Gasteiger partial charge on any atom is 0.308 e. The molecule has 0 fully saturated rings. The van der Waals surface area contributed by atoms with Gasteiger partial charge < -0.3 is 14.2 Å². The first-order valence-corrected chi connectivity index (χ1v) is 4.95. The van der Waals surface area contributed by atoms with E-state index in [0.717, 1.165) is 0 Å². The van der Waals surface area contributed by atoms with E-state index in [1.807, 2.05) is 0 Å². The second-order valence-corrected chi connectivity index (χ2v) is 3.35. The van der Waals surface area contributed by atoms with Crippen LogP contribution in [0.3, 0.4) is 0 Å². The highest BCUT2D eigenvalue weighted by atomic mass is 16.5. The van der Waals surface area contributed by atoms with E-state index < -0.39 is 5.97 Å². The molecule has 0 radical (unpaired) electrons. The van der Waals surface area contributed by atoms with E-state index in [2.05, 4.69) is 0 Å². The molecule has 0 spiro atoms. The summed E-state index contributed by atoms with van der Waals surface area (Å²) >= 11 is 0. The van der Waals surface area contributed by atoms with Crippen LogP contribution in [0.15, 0.2) is 12.1 Å². The highest BCUT2D eigenvalue weighted by molar-refractivity contribution is 6.00. The summed E-state index contributed by atoms with van der Waals surface area (Å²) in [5, 5.41) is 0. The number of ketones is 1. The minimum atomic E-state index is -0.511. The van der Waals surface area contributed by atoms with Gasteiger partial charge in [-0.15, -0.1) is 0 Å². The average Bonchev–Trinajstić information content (AvgIpc) is 2.26. The van der Waals surface area contributed by atoms with Crippen LogP contribution in [0, 0.1) is 0 Å². The zero-order valence-electron chi connectivity index (χ0n) is 10.2. The first-order valence-electron chi connectivity index (χ1n) is 4.95. The van der Waals surface area contributed by atoms with Crippen molar-refractivity contribution in [2.75, 3.05) is 14.2 Å². The van der Waals surface area contributed by atoms with Crippen LogP contribution in [0.2, 0.25) is 0 Å².